The second-order valence-corrected chi connectivity index (χ2v) is 8.73. The first-order valence-corrected chi connectivity index (χ1v) is 10.8. The maximum absolute atomic E-state index is 12.2. The van der Waals surface area contributed by atoms with Gasteiger partial charge in [0.2, 0.25) is 10.0 Å². The summed E-state index contributed by atoms with van der Waals surface area (Å²) in [5.74, 6) is -0.840. The average Bonchev–Trinajstić information content (AvgIpc) is 2.71. The highest BCUT2D eigenvalue weighted by Gasteiger charge is 2.14. The number of rotatable bonds is 7. The molecule has 0 atom stereocenters. The molecule has 3 aromatic rings. The number of carbonyl (C=O) groups is 2. The van der Waals surface area contributed by atoms with Crippen LogP contribution in [-0.2, 0) is 26.0 Å². The number of ketones is 1. The molecule has 0 N–H and O–H groups in total. The van der Waals surface area contributed by atoms with Crippen LogP contribution >= 0.6 is 0 Å². The first-order chi connectivity index (χ1) is 13.7. The molecule has 3 aromatic carbocycles. The van der Waals surface area contributed by atoms with Crippen molar-refractivity contribution in [1.29, 1.82) is 0 Å². The van der Waals surface area contributed by atoms with Crippen LogP contribution in [0.5, 0.6) is 0 Å². The van der Waals surface area contributed by atoms with Crippen LogP contribution in [-0.4, -0.2) is 40.1 Å². The van der Waals surface area contributed by atoms with Gasteiger partial charge in [0.1, 0.15) is 0 Å². The molecule has 0 amide bonds. The molecular weight excluding hydrogens is 390 g/mol. The molecule has 29 heavy (non-hydrogen) atoms. The Balaban J connectivity index is 1.57. The number of hydrogen-bond acceptors (Lipinski definition) is 5. The Kier molecular flexibility index (Phi) is 5.98. The normalized spacial score (nSPS) is 11.2. The smallest absolute Gasteiger partial charge is 0.310 e. The minimum Gasteiger partial charge on any atom is -0.457 e. The number of carbonyl (C=O) groups excluding carboxylic acids is 2. The van der Waals surface area contributed by atoms with Crippen molar-refractivity contribution in [2.24, 2.45) is 0 Å². The number of Topliss-reactive ketones (excluding diaryl/α,β-unsaturated/α-hetero) is 1. The molecule has 0 aliphatic rings. The number of nitrogens with zero attached hydrogens (tertiary/aromatic N) is 1. The highest BCUT2D eigenvalue weighted by molar-refractivity contribution is 7.92. The van der Waals surface area contributed by atoms with E-state index < -0.39 is 16.0 Å². The Bertz CT molecular complexity index is 1150. The predicted molar refractivity (Wildman–Crippen MR) is 113 cm³/mol. The fourth-order valence-electron chi connectivity index (χ4n) is 2.84. The van der Waals surface area contributed by atoms with E-state index in [2.05, 4.69) is 0 Å². The van der Waals surface area contributed by atoms with E-state index in [1.54, 1.807) is 0 Å². The Morgan fingerprint density at radius 3 is 2.24 bits per heavy atom. The molecule has 0 spiro atoms. The Morgan fingerprint density at radius 2 is 1.59 bits per heavy atom. The van der Waals surface area contributed by atoms with E-state index in [0.717, 1.165) is 26.9 Å². The molecule has 6 nitrogen and oxygen atoms in total. The van der Waals surface area contributed by atoms with Gasteiger partial charge in [-0.25, -0.2) is 8.42 Å². The second-order valence-electron chi connectivity index (χ2n) is 6.72. The van der Waals surface area contributed by atoms with E-state index in [4.69, 9.17) is 4.74 Å². The monoisotopic (exact) mass is 411 g/mol. The maximum atomic E-state index is 12.2. The van der Waals surface area contributed by atoms with Gasteiger partial charge in [-0.1, -0.05) is 42.5 Å². The van der Waals surface area contributed by atoms with Crippen LogP contribution in [0.4, 0.5) is 5.69 Å². The van der Waals surface area contributed by atoms with Crippen molar-refractivity contribution in [3.63, 3.8) is 0 Å². The highest BCUT2D eigenvalue weighted by Crippen LogP contribution is 2.18. The summed E-state index contributed by atoms with van der Waals surface area (Å²) in [6, 6.07) is 19.7. The third-order valence-corrected chi connectivity index (χ3v) is 5.78. The first-order valence-electron chi connectivity index (χ1n) is 8.94. The van der Waals surface area contributed by atoms with Crippen molar-refractivity contribution in [2.75, 3.05) is 24.2 Å². The number of ether oxygens (including phenoxy) is 1. The zero-order valence-corrected chi connectivity index (χ0v) is 17.0. The molecule has 0 radical (unpaired) electrons. The van der Waals surface area contributed by atoms with Gasteiger partial charge in [-0.3, -0.25) is 13.9 Å². The largest absolute Gasteiger partial charge is 0.457 e. The molecule has 0 aromatic heterocycles. The fraction of sp³-hybridized carbons (Fsp3) is 0.182. The Hall–Kier alpha value is -3.19. The van der Waals surface area contributed by atoms with E-state index in [-0.39, 0.29) is 18.8 Å². The predicted octanol–water partition coefficient (Wildman–Crippen LogP) is 3.20. The molecule has 0 saturated carbocycles. The lowest BCUT2D eigenvalue weighted by Gasteiger charge is -2.16. The maximum Gasteiger partial charge on any atom is 0.310 e. The molecule has 0 fully saturated rings. The van der Waals surface area contributed by atoms with E-state index in [9.17, 15) is 18.0 Å². The molecule has 150 valence electrons. The minimum absolute atomic E-state index is 0.0796. The number of hydrogen-bond donors (Lipinski definition) is 0. The molecule has 0 heterocycles. The fourth-order valence-corrected chi connectivity index (χ4v) is 3.35. The zero-order valence-electron chi connectivity index (χ0n) is 16.2. The summed E-state index contributed by atoms with van der Waals surface area (Å²) in [6.07, 6.45) is 1.18. The van der Waals surface area contributed by atoms with Gasteiger partial charge < -0.3 is 4.74 Å². The van der Waals surface area contributed by atoms with Crippen LogP contribution in [0.2, 0.25) is 0 Å². The lowest BCUT2D eigenvalue weighted by molar-refractivity contribution is -0.141. The topological polar surface area (TPSA) is 80.8 Å². The quantitative estimate of drug-likeness (QED) is 0.441. The van der Waals surface area contributed by atoms with E-state index >= 15 is 0 Å². The van der Waals surface area contributed by atoms with Crippen LogP contribution in [0, 0.1) is 0 Å². The third-order valence-electron chi connectivity index (χ3n) is 4.58. The van der Waals surface area contributed by atoms with Gasteiger partial charge in [-0.05, 0) is 40.6 Å². The molecule has 7 heteroatoms. The van der Waals surface area contributed by atoms with E-state index in [0.29, 0.717) is 11.3 Å². The van der Waals surface area contributed by atoms with Crippen LogP contribution in [0.15, 0.2) is 66.7 Å². The number of sulfonamides is 1. The van der Waals surface area contributed by atoms with Crippen molar-refractivity contribution < 1.29 is 22.7 Å². The summed E-state index contributed by atoms with van der Waals surface area (Å²) in [7, 11) is -1.94. The lowest BCUT2D eigenvalue weighted by Crippen LogP contribution is -2.24. The van der Waals surface area contributed by atoms with Crippen LogP contribution < -0.4 is 4.31 Å². The summed E-state index contributed by atoms with van der Waals surface area (Å²) in [6.45, 7) is -0.367. The van der Waals surface area contributed by atoms with Gasteiger partial charge in [-0.2, -0.15) is 0 Å². The zero-order chi connectivity index (χ0) is 21.0. The number of esters is 1. The van der Waals surface area contributed by atoms with Gasteiger partial charge in [0.15, 0.2) is 12.4 Å². The van der Waals surface area contributed by atoms with Crippen molar-refractivity contribution in [3.05, 3.63) is 77.9 Å². The molecule has 0 unspecified atom stereocenters. The average molecular weight is 411 g/mol. The molecule has 0 bridgehead atoms. The number of anilines is 1. The van der Waals surface area contributed by atoms with Crippen LogP contribution in [0.3, 0.4) is 0 Å². The van der Waals surface area contributed by atoms with Crippen molar-refractivity contribution in [2.45, 2.75) is 6.42 Å². The second kappa shape index (κ2) is 8.45. The number of fused-ring (bicyclic) bond motifs is 1. The summed E-state index contributed by atoms with van der Waals surface area (Å²) in [4.78, 5) is 24.3. The summed E-state index contributed by atoms with van der Waals surface area (Å²) in [5, 5.41) is 2.12. The Labute approximate surface area is 169 Å². The van der Waals surface area contributed by atoms with Gasteiger partial charge in [-0.15, -0.1) is 0 Å². The standard InChI is InChI=1S/C22H21NO5S/c1-23(29(2,26)27)20-11-9-18(10-12-20)21(24)15-28-22(25)14-16-7-8-17-5-3-4-6-19(17)13-16/h3-13H,14-15H2,1-2H3. The van der Waals surface area contributed by atoms with E-state index in [1.807, 2.05) is 42.5 Å². The first kappa shape index (κ1) is 20.5. The van der Waals surface area contributed by atoms with Crippen LogP contribution in [0.1, 0.15) is 15.9 Å². The summed E-state index contributed by atoms with van der Waals surface area (Å²) in [5.41, 5.74) is 1.60. The molecular formula is C22H21NO5S. The molecule has 0 aliphatic carbocycles. The molecule has 0 aliphatic heterocycles. The SMILES string of the molecule is CN(c1ccc(C(=O)COC(=O)Cc2ccc3ccccc3c2)cc1)S(C)(=O)=O. The van der Waals surface area contributed by atoms with Crippen molar-refractivity contribution >= 4 is 38.2 Å². The number of benzene rings is 3. The van der Waals surface area contributed by atoms with Gasteiger partial charge in [0.25, 0.3) is 0 Å². The third kappa shape index (κ3) is 5.20. The molecule has 3 rings (SSSR count). The summed E-state index contributed by atoms with van der Waals surface area (Å²) < 4.78 is 29.3. The van der Waals surface area contributed by atoms with Crippen molar-refractivity contribution in [1.82, 2.24) is 0 Å². The highest BCUT2D eigenvalue weighted by atomic mass is 32.2. The van der Waals surface area contributed by atoms with E-state index in [1.165, 1.54) is 31.3 Å². The Morgan fingerprint density at radius 1 is 0.931 bits per heavy atom. The van der Waals surface area contributed by atoms with Crippen molar-refractivity contribution in [3.8, 4) is 0 Å². The van der Waals surface area contributed by atoms with Gasteiger partial charge in [0.05, 0.1) is 18.4 Å². The summed E-state index contributed by atoms with van der Waals surface area (Å²) >= 11 is 0. The lowest BCUT2D eigenvalue weighted by atomic mass is 10.1. The minimum atomic E-state index is -3.37. The van der Waals surface area contributed by atoms with Gasteiger partial charge in [0, 0.05) is 12.6 Å². The van der Waals surface area contributed by atoms with Crippen LogP contribution in [0.25, 0.3) is 10.8 Å². The van der Waals surface area contributed by atoms with Gasteiger partial charge >= 0.3 is 5.97 Å². The molecule has 0 saturated heterocycles.